The second-order valence-corrected chi connectivity index (χ2v) is 5.38. The molecule has 0 aromatic carbocycles. The Morgan fingerprint density at radius 1 is 0.900 bits per heavy atom. The predicted octanol–water partition coefficient (Wildman–Crippen LogP) is 4.47. The Labute approximate surface area is 129 Å². The predicted molar refractivity (Wildman–Crippen MR) is 92.3 cm³/mol. The molecular weight excluding hydrogens is 248 g/mol. The third-order valence-electron chi connectivity index (χ3n) is 2.94. The van der Waals surface area contributed by atoms with Gasteiger partial charge in [-0.15, -0.1) is 0 Å². The number of carbonyl (C=O) groups excluding carboxylic acids is 1. The molecule has 20 heavy (non-hydrogen) atoms. The highest BCUT2D eigenvalue weighted by molar-refractivity contribution is 5.73. The zero-order chi connectivity index (χ0) is 15.6. The number of carbonyl (C=O) groups is 1. The van der Waals surface area contributed by atoms with Crippen molar-refractivity contribution in [1.82, 2.24) is 10.2 Å². The number of unbranched alkanes of at least 4 members (excludes halogenated alkanes) is 3. The summed E-state index contributed by atoms with van der Waals surface area (Å²) in [6.07, 6.45) is 8.31. The molecule has 0 fully saturated rings. The molecule has 0 rings (SSSR count). The van der Waals surface area contributed by atoms with Crippen LogP contribution in [0.15, 0.2) is 0 Å². The Hall–Kier alpha value is -0.570. The molecule has 3 heteroatoms. The van der Waals surface area contributed by atoms with Crippen LogP contribution in [0.3, 0.4) is 0 Å². The molecular formula is C17H40N2O. The van der Waals surface area contributed by atoms with Crippen molar-refractivity contribution >= 4 is 5.91 Å². The van der Waals surface area contributed by atoms with Gasteiger partial charge in [0.15, 0.2) is 0 Å². The minimum Gasteiger partial charge on any atom is -0.343 e. The summed E-state index contributed by atoms with van der Waals surface area (Å²) in [5, 5.41) is 3.40. The molecule has 0 radical (unpaired) electrons. The number of rotatable bonds is 11. The fourth-order valence-electron chi connectivity index (χ4n) is 1.81. The molecule has 1 amide bonds. The first-order chi connectivity index (χ1) is 9.63. The van der Waals surface area contributed by atoms with Crippen LogP contribution in [-0.2, 0) is 4.79 Å². The van der Waals surface area contributed by atoms with Crippen LogP contribution in [0.4, 0.5) is 0 Å². The van der Waals surface area contributed by atoms with Crippen molar-refractivity contribution in [3.8, 4) is 0 Å². The quantitative estimate of drug-likeness (QED) is 0.569. The van der Waals surface area contributed by atoms with Gasteiger partial charge >= 0.3 is 0 Å². The lowest BCUT2D eigenvalue weighted by Gasteiger charge is -2.20. The van der Waals surface area contributed by atoms with E-state index in [2.05, 4.69) is 33.0 Å². The Morgan fingerprint density at radius 3 is 2.00 bits per heavy atom. The molecule has 0 spiro atoms. The van der Waals surface area contributed by atoms with Crippen LogP contribution in [-0.4, -0.2) is 37.0 Å². The van der Waals surface area contributed by atoms with Gasteiger partial charge in [0.05, 0.1) is 0 Å². The molecule has 124 valence electrons. The third kappa shape index (κ3) is 17.4. The average molecular weight is 289 g/mol. The van der Waals surface area contributed by atoms with Gasteiger partial charge in [-0.3, -0.25) is 4.79 Å². The summed E-state index contributed by atoms with van der Waals surface area (Å²) >= 11 is 0. The van der Waals surface area contributed by atoms with Crippen molar-refractivity contribution in [2.75, 3.05) is 26.2 Å². The first kappa shape index (κ1) is 21.7. The number of hydrogen-bond donors (Lipinski definition) is 1. The number of nitrogens with one attached hydrogen (secondary N) is 1. The standard InChI is InChI=1S/C14H30N2O.C3H8.H2/c1-4-6-12-16(14(3)17)13-9-7-8-11-15-10-5-2;1-3-2;/h15H,4-13H2,1-3H3;3H2,1-2H3;1H. The second-order valence-electron chi connectivity index (χ2n) is 5.38. The smallest absolute Gasteiger partial charge is 0.219 e. The van der Waals surface area contributed by atoms with Crippen molar-refractivity contribution in [2.45, 2.75) is 79.6 Å². The van der Waals surface area contributed by atoms with Crippen LogP contribution in [0.5, 0.6) is 0 Å². The molecule has 3 nitrogen and oxygen atoms in total. The maximum Gasteiger partial charge on any atom is 0.219 e. The Morgan fingerprint density at radius 2 is 1.50 bits per heavy atom. The molecule has 0 aliphatic carbocycles. The summed E-state index contributed by atoms with van der Waals surface area (Å²) in [7, 11) is 0. The SMILES string of the molecule is CCC.CCCCN(CCCCCNCCC)C(C)=O.[HH]. The normalized spacial score (nSPS) is 9.85. The Kier molecular flexibility index (Phi) is 20.0. The van der Waals surface area contributed by atoms with Crippen molar-refractivity contribution in [1.29, 1.82) is 0 Å². The molecule has 0 saturated carbocycles. The average Bonchev–Trinajstić information content (AvgIpc) is 2.41. The van der Waals surface area contributed by atoms with Gasteiger partial charge in [0.2, 0.25) is 5.91 Å². The number of nitrogens with zero attached hydrogens (tertiary/aromatic N) is 1. The molecule has 0 atom stereocenters. The molecule has 0 saturated heterocycles. The molecule has 0 aromatic heterocycles. The largest absolute Gasteiger partial charge is 0.343 e. The van der Waals surface area contributed by atoms with Gasteiger partial charge in [0, 0.05) is 21.4 Å². The summed E-state index contributed by atoms with van der Waals surface area (Å²) in [6.45, 7) is 14.4. The zero-order valence-corrected chi connectivity index (χ0v) is 14.6. The topological polar surface area (TPSA) is 32.3 Å². The zero-order valence-electron chi connectivity index (χ0n) is 14.6. The van der Waals surface area contributed by atoms with Gasteiger partial charge < -0.3 is 10.2 Å². The Balaban J connectivity index is -0.000000740. The first-order valence-electron chi connectivity index (χ1n) is 8.60. The minimum atomic E-state index is 0. The van der Waals surface area contributed by atoms with Gasteiger partial charge in [-0.05, 0) is 38.8 Å². The maximum atomic E-state index is 11.4. The van der Waals surface area contributed by atoms with Crippen molar-refractivity contribution in [2.24, 2.45) is 0 Å². The third-order valence-corrected chi connectivity index (χ3v) is 2.94. The van der Waals surface area contributed by atoms with Gasteiger partial charge in [0.25, 0.3) is 0 Å². The van der Waals surface area contributed by atoms with E-state index in [9.17, 15) is 4.79 Å². The fraction of sp³-hybridized carbons (Fsp3) is 0.941. The highest BCUT2D eigenvalue weighted by Gasteiger charge is 2.06. The van der Waals surface area contributed by atoms with E-state index in [1.165, 1.54) is 25.7 Å². The van der Waals surface area contributed by atoms with Crippen LogP contribution in [0.2, 0.25) is 0 Å². The van der Waals surface area contributed by atoms with E-state index in [-0.39, 0.29) is 7.33 Å². The highest BCUT2D eigenvalue weighted by atomic mass is 16.2. The minimum absolute atomic E-state index is 0. The highest BCUT2D eigenvalue weighted by Crippen LogP contribution is 2.01. The maximum absolute atomic E-state index is 11.4. The van der Waals surface area contributed by atoms with E-state index in [0.29, 0.717) is 0 Å². The van der Waals surface area contributed by atoms with Crippen LogP contribution < -0.4 is 5.32 Å². The van der Waals surface area contributed by atoms with E-state index in [4.69, 9.17) is 0 Å². The molecule has 0 heterocycles. The fourth-order valence-corrected chi connectivity index (χ4v) is 1.81. The summed E-state index contributed by atoms with van der Waals surface area (Å²) in [5.41, 5.74) is 0. The van der Waals surface area contributed by atoms with Crippen molar-refractivity contribution in [3.63, 3.8) is 0 Å². The van der Waals surface area contributed by atoms with E-state index in [0.717, 1.165) is 45.4 Å². The van der Waals surface area contributed by atoms with E-state index < -0.39 is 0 Å². The number of hydrogen-bond acceptors (Lipinski definition) is 2. The molecule has 0 aliphatic heterocycles. The molecule has 0 unspecified atom stereocenters. The molecule has 1 N–H and O–H groups in total. The van der Waals surface area contributed by atoms with Crippen LogP contribution in [0.25, 0.3) is 0 Å². The molecule has 0 aromatic rings. The van der Waals surface area contributed by atoms with E-state index in [1.54, 1.807) is 6.92 Å². The lowest BCUT2D eigenvalue weighted by atomic mass is 10.2. The van der Waals surface area contributed by atoms with Crippen LogP contribution >= 0.6 is 0 Å². The van der Waals surface area contributed by atoms with Gasteiger partial charge in [-0.2, -0.15) is 0 Å². The monoisotopic (exact) mass is 288 g/mol. The lowest BCUT2D eigenvalue weighted by molar-refractivity contribution is -0.129. The number of amides is 1. The van der Waals surface area contributed by atoms with Gasteiger partial charge in [-0.25, -0.2) is 0 Å². The van der Waals surface area contributed by atoms with Crippen LogP contribution in [0.1, 0.15) is 81.0 Å². The summed E-state index contributed by atoms with van der Waals surface area (Å²) in [4.78, 5) is 13.4. The van der Waals surface area contributed by atoms with E-state index in [1.807, 2.05) is 4.90 Å². The second kappa shape index (κ2) is 18.4. The van der Waals surface area contributed by atoms with Crippen molar-refractivity contribution < 1.29 is 6.22 Å². The molecule has 0 aliphatic rings. The Bertz CT molecular complexity index is 201. The summed E-state index contributed by atoms with van der Waals surface area (Å²) in [5.74, 6) is 0.225. The van der Waals surface area contributed by atoms with Gasteiger partial charge in [-0.1, -0.05) is 47.0 Å². The van der Waals surface area contributed by atoms with Crippen LogP contribution in [0, 0.1) is 0 Å². The first-order valence-corrected chi connectivity index (χ1v) is 8.60. The summed E-state index contributed by atoms with van der Waals surface area (Å²) < 4.78 is 0. The van der Waals surface area contributed by atoms with Gasteiger partial charge in [0.1, 0.15) is 0 Å². The summed E-state index contributed by atoms with van der Waals surface area (Å²) in [6, 6.07) is 0. The molecule has 0 bridgehead atoms. The lowest BCUT2D eigenvalue weighted by Crippen LogP contribution is -2.30. The van der Waals surface area contributed by atoms with Crippen molar-refractivity contribution in [3.05, 3.63) is 0 Å². The van der Waals surface area contributed by atoms with E-state index >= 15 is 0 Å².